The number of amides is 1. The van der Waals surface area contributed by atoms with Crippen molar-refractivity contribution < 1.29 is 19.1 Å². The summed E-state index contributed by atoms with van der Waals surface area (Å²) < 4.78 is 12.8. The smallest absolute Gasteiger partial charge is 0.310 e. The van der Waals surface area contributed by atoms with Crippen LogP contribution in [0.3, 0.4) is 0 Å². The number of rotatable bonds is 9. The molecule has 2 saturated heterocycles. The lowest BCUT2D eigenvalue weighted by Crippen LogP contribution is -2.55. The summed E-state index contributed by atoms with van der Waals surface area (Å²) in [5, 5.41) is 1.39. The van der Waals surface area contributed by atoms with Crippen molar-refractivity contribution in [3.63, 3.8) is 0 Å². The first kappa shape index (κ1) is 29.4. The van der Waals surface area contributed by atoms with E-state index in [0.717, 1.165) is 36.0 Å². The van der Waals surface area contributed by atoms with Crippen molar-refractivity contribution in [3.8, 4) is 5.75 Å². The Kier molecular flexibility index (Phi) is 9.31. The molecule has 6 rings (SSSR count). The first-order valence-corrected chi connectivity index (χ1v) is 16.5. The van der Waals surface area contributed by atoms with E-state index < -0.39 is 0 Å². The van der Waals surface area contributed by atoms with Crippen molar-refractivity contribution in [2.45, 2.75) is 88.3 Å². The number of aromatic nitrogens is 2. The van der Waals surface area contributed by atoms with Crippen LogP contribution in [0.5, 0.6) is 5.75 Å². The number of carbonyl (C=O) groups excluding carboxylic acids is 2. The number of fused-ring (bicyclic) bond motifs is 1. The van der Waals surface area contributed by atoms with E-state index >= 15 is 0 Å². The van der Waals surface area contributed by atoms with Gasteiger partial charge >= 0.3 is 5.97 Å². The summed E-state index contributed by atoms with van der Waals surface area (Å²) in [6.45, 7) is 6.97. The van der Waals surface area contributed by atoms with E-state index in [2.05, 4.69) is 4.90 Å². The predicted molar refractivity (Wildman–Crippen MR) is 160 cm³/mol. The highest BCUT2D eigenvalue weighted by molar-refractivity contribution is 7.99. The molecule has 9 nitrogen and oxygen atoms in total. The minimum absolute atomic E-state index is 0.0333. The molecule has 42 heavy (non-hydrogen) atoms. The Hall–Kier alpha value is -2.69. The standard InChI is InChI=1S/C32H42N4O5S/c1-2-29(37)41-25-10-8-22(9-11-25)16-34-18-24(19-34)30(38)35-14-12-28-27(20-35)31(39)36(17-23-13-15-40-21-23)32(33-28)42-26-6-4-3-5-7-26/h8-11,23-24,26H,2-7,12-21H2,1H3. The van der Waals surface area contributed by atoms with Crippen LogP contribution in [-0.4, -0.2) is 69.3 Å². The fourth-order valence-corrected chi connectivity index (χ4v) is 7.80. The van der Waals surface area contributed by atoms with Gasteiger partial charge in [-0.2, -0.15) is 0 Å². The summed E-state index contributed by atoms with van der Waals surface area (Å²) in [6.07, 6.45) is 8.12. The maximum absolute atomic E-state index is 13.9. The van der Waals surface area contributed by atoms with Crippen molar-refractivity contribution in [1.29, 1.82) is 0 Å². The molecule has 1 unspecified atom stereocenters. The molecule has 0 bridgehead atoms. The van der Waals surface area contributed by atoms with Crippen molar-refractivity contribution in [2.75, 3.05) is 32.8 Å². The number of nitrogens with zero attached hydrogens (tertiary/aromatic N) is 4. The Morgan fingerprint density at radius 3 is 2.60 bits per heavy atom. The molecule has 1 saturated carbocycles. The van der Waals surface area contributed by atoms with Crippen LogP contribution < -0.4 is 10.3 Å². The summed E-state index contributed by atoms with van der Waals surface area (Å²) in [6, 6.07) is 7.56. The van der Waals surface area contributed by atoms with E-state index in [1.807, 2.05) is 33.7 Å². The second-order valence-corrected chi connectivity index (χ2v) is 13.5. The molecule has 1 aliphatic carbocycles. The lowest BCUT2D eigenvalue weighted by atomic mass is 9.96. The third-order valence-corrected chi connectivity index (χ3v) is 10.4. The Balaban J connectivity index is 1.09. The average Bonchev–Trinajstić information content (AvgIpc) is 3.51. The zero-order valence-corrected chi connectivity index (χ0v) is 25.4. The largest absolute Gasteiger partial charge is 0.427 e. The van der Waals surface area contributed by atoms with Crippen LogP contribution in [0.1, 0.15) is 68.7 Å². The van der Waals surface area contributed by atoms with Crippen LogP contribution in [0.25, 0.3) is 0 Å². The predicted octanol–water partition coefficient (Wildman–Crippen LogP) is 4.04. The monoisotopic (exact) mass is 594 g/mol. The van der Waals surface area contributed by atoms with Gasteiger partial charge in [0.25, 0.3) is 5.56 Å². The second-order valence-electron chi connectivity index (χ2n) is 12.2. The Morgan fingerprint density at radius 2 is 1.88 bits per heavy atom. The molecule has 2 aromatic rings. The van der Waals surface area contributed by atoms with Crippen molar-refractivity contribution in [3.05, 3.63) is 51.4 Å². The number of ether oxygens (including phenoxy) is 2. The molecule has 0 radical (unpaired) electrons. The fraction of sp³-hybridized carbons (Fsp3) is 0.625. The molecule has 10 heteroatoms. The van der Waals surface area contributed by atoms with Gasteiger partial charge in [0, 0.05) is 63.3 Å². The minimum Gasteiger partial charge on any atom is -0.427 e. The summed E-state index contributed by atoms with van der Waals surface area (Å²) in [5.41, 5.74) is 2.72. The number of hydrogen-bond donors (Lipinski definition) is 0. The molecule has 1 amide bonds. The van der Waals surface area contributed by atoms with Gasteiger partial charge in [-0.3, -0.25) is 23.9 Å². The molecule has 0 spiro atoms. The first-order valence-electron chi connectivity index (χ1n) is 15.6. The maximum Gasteiger partial charge on any atom is 0.310 e. The van der Waals surface area contributed by atoms with Crippen LogP contribution in [-0.2, 0) is 40.4 Å². The molecular weight excluding hydrogens is 552 g/mol. The third-order valence-electron chi connectivity index (χ3n) is 9.04. The highest BCUT2D eigenvalue weighted by atomic mass is 32.2. The number of likely N-dealkylation sites (tertiary alicyclic amines) is 1. The van der Waals surface area contributed by atoms with Crippen LogP contribution in [0.2, 0.25) is 0 Å². The molecule has 0 N–H and O–H groups in total. The lowest BCUT2D eigenvalue weighted by Gasteiger charge is -2.41. The van der Waals surface area contributed by atoms with E-state index in [0.29, 0.717) is 74.7 Å². The quantitative estimate of drug-likeness (QED) is 0.244. The average molecular weight is 595 g/mol. The van der Waals surface area contributed by atoms with Crippen molar-refractivity contribution in [2.24, 2.45) is 11.8 Å². The maximum atomic E-state index is 13.9. The Labute approximate surface area is 251 Å². The van der Waals surface area contributed by atoms with E-state index in [4.69, 9.17) is 14.5 Å². The number of carbonyl (C=O) groups is 2. The van der Waals surface area contributed by atoms with Crippen molar-refractivity contribution >= 4 is 23.6 Å². The molecule has 1 aromatic carbocycles. The highest BCUT2D eigenvalue weighted by Crippen LogP contribution is 2.34. The van der Waals surface area contributed by atoms with Gasteiger partial charge in [0.15, 0.2) is 5.16 Å². The van der Waals surface area contributed by atoms with Gasteiger partial charge in [0.05, 0.1) is 30.3 Å². The van der Waals surface area contributed by atoms with Gasteiger partial charge in [-0.1, -0.05) is 50.1 Å². The number of hydrogen-bond acceptors (Lipinski definition) is 8. The molecule has 4 aliphatic rings. The molecular formula is C32H42N4O5S. The molecule has 3 aliphatic heterocycles. The third kappa shape index (κ3) is 6.76. The van der Waals surface area contributed by atoms with Crippen LogP contribution in [0, 0.1) is 11.8 Å². The summed E-state index contributed by atoms with van der Waals surface area (Å²) in [5.74, 6) is 0.720. The van der Waals surface area contributed by atoms with Crippen LogP contribution in [0.15, 0.2) is 34.2 Å². The number of thioether (sulfide) groups is 1. The van der Waals surface area contributed by atoms with E-state index in [-0.39, 0.29) is 23.4 Å². The second kappa shape index (κ2) is 13.3. The fourth-order valence-electron chi connectivity index (χ4n) is 6.49. The molecule has 1 aromatic heterocycles. The molecule has 226 valence electrons. The summed E-state index contributed by atoms with van der Waals surface area (Å²) in [7, 11) is 0. The van der Waals surface area contributed by atoms with Gasteiger partial charge in [-0.15, -0.1) is 0 Å². The minimum atomic E-state index is -0.246. The van der Waals surface area contributed by atoms with Crippen LogP contribution in [0.4, 0.5) is 0 Å². The number of benzene rings is 1. The Bertz CT molecular complexity index is 1330. The molecule has 3 fully saturated rings. The SMILES string of the molecule is CCC(=O)Oc1ccc(CN2CC(C(=O)N3CCc4nc(SC5CCCCC5)n(CC5CCOC5)c(=O)c4C3)C2)cc1. The topological polar surface area (TPSA) is 94.0 Å². The van der Waals surface area contributed by atoms with Gasteiger partial charge in [-0.05, 0) is 37.0 Å². The van der Waals surface area contributed by atoms with Gasteiger partial charge < -0.3 is 14.4 Å². The van der Waals surface area contributed by atoms with Gasteiger partial charge in [0.1, 0.15) is 5.75 Å². The molecule has 4 heterocycles. The highest BCUT2D eigenvalue weighted by Gasteiger charge is 2.37. The lowest BCUT2D eigenvalue weighted by molar-refractivity contribution is -0.142. The summed E-state index contributed by atoms with van der Waals surface area (Å²) >= 11 is 1.79. The van der Waals surface area contributed by atoms with Gasteiger partial charge in [0.2, 0.25) is 5.91 Å². The first-order chi connectivity index (χ1) is 20.5. The zero-order valence-electron chi connectivity index (χ0n) is 24.6. The normalized spacial score (nSPS) is 21.6. The number of esters is 1. The van der Waals surface area contributed by atoms with E-state index in [9.17, 15) is 14.4 Å². The Morgan fingerprint density at radius 1 is 1.10 bits per heavy atom. The van der Waals surface area contributed by atoms with Crippen molar-refractivity contribution in [1.82, 2.24) is 19.4 Å². The molecule has 1 atom stereocenters. The zero-order chi connectivity index (χ0) is 29.1. The van der Waals surface area contributed by atoms with Gasteiger partial charge in [-0.25, -0.2) is 4.98 Å². The van der Waals surface area contributed by atoms with Crippen LogP contribution >= 0.6 is 11.8 Å². The van der Waals surface area contributed by atoms with E-state index in [1.54, 1.807) is 18.7 Å². The summed E-state index contributed by atoms with van der Waals surface area (Å²) in [4.78, 5) is 48.1. The van der Waals surface area contributed by atoms with E-state index in [1.165, 1.54) is 32.1 Å².